The van der Waals surface area contributed by atoms with Gasteiger partial charge in [-0.15, -0.1) is 0 Å². The third-order valence-corrected chi connectivity index (χ3v) is 4.21. The molecule has 0 unspecified atom stereocenters. The van der Waals surface area contributed by atoms with Crippen LogP contribution in [-0.4, -0.2) is 38.7 Å². The molecule has 1 amide bonds. The van der Waals surface area contributed by atoms with Crippen LogP contribution in [0.5, 0.6) is 0 Å². The molecule has 0 spiro atoms. The van der Waals surface area contributed by atoms with Gasteiger partial charge in [-0.1, -0.05) is 12.1 Å². The molecule has 0 saturated heterocycles. The van der Waals surface area contributed by atoms with E-state index in [1.54, 1.807) is 13.0 Å². The summed E-state index contributed by atoms with van der Waals surface area (Å²) in [4.78, 5) is 23.4. The van der Waals surface area contributed by atoms with E-state index in [-0.39, 0.29) is 17.2 Å². The number of amides is 1. The van der Waals surface area contributed by atoms with E-state index in [4.69, 9.17) is 10.00 Å². The highest BCUT2D eigenvalue weighted by atomic mass is 32.2. The van der Waals surface area contributed by atoms with Crippen LogP contribution in [0.1, 0.15) is 29.8 Å². The van der Waals surface area contributed by atoms with Crippen LogP contribution in [0.15, 0.2) is 24.3 Å². The zero-order valence-electron chi connectivity index (χ0n) is 12.9. The van der Waals surface area contributed by atoms with Crippen LogP contribution >= 0.6 is 0 Å². The summed E-state index contributed by atoms with van der Waals surface area (Å²) in [5.74, 6) is -1.89. The predicted octanol–water partition coefficient (Wildman–Crippen LogP) is 0.806. The molecule has 8 heteroatoms. The van der Waals surface area contributed by atoms with Crippen LogP contribution in [-0.2, 0) is 25.1 Å². The first kappa shape index (κ1) is 18.6. The fraction of sp³-hybridized carbons (Fsp3) is 0.400. The Morgan fingerprint density at radius 1 is 1.30 bits per heavy atom. The van der Waals surface area contributed by atoms with E-state index in [1.165, 1.54) is 31.2 Å². The maximum absolute atomic E-state index is 11.9. The van der Waals surface area contributed by atoms with Crippen molar-refractivity contribution in [2.75, 3.05) is 12.3 Å². The van der Waals surface area contributed by atoms with Gasteiger partial charge in [0.25, 0.3) is 5.91 Å². The molecule has 0 aliphatic carbocycles. The fourth-order valence-electron chi connectivity index (χ4n) is 1.74. The van der Waals surface area contributed by atoms with Crippen LogP contribution in [0, 0.1) is 11.3 Å². The number of nitriles is 1. The SMILES string of the molecule is CCNC(=O)[C@H](C)OC(=O)c1ccc(CS(=O)(=O)CC#N)cc1. The number of hydrogen-bond donors (Lipinski definition) is 1. The second-order valence-electron chi connectivity index (χ2n) is 4.83. The largest absolute Gasteiger partial charge is 0.449 e. The number of esters is 1. The van der Waals surface area contributed by atoms with Crippen molar-refractivity contribution in [2.45, 2.75) is 25.7 Å². The number of likely N-dealkylation sites (N-methyl/N-ethyl adjacent to an activating group) is 1. The minimum Gasteiger partial charge on any atom is -0.449 e. The van der Waals surface area contributed by atoms with Crippen LogP contribution < -0.4 is 5.32 Å². The fourth-order valence-corrected chi connectivity index (χ4v) is 2.74. The highest BCUT2D eigenvalue weighted by molar-refractivity contribution is 7.90. The average Bonchev–Trinajstić information content (AvgIpc) is 2.47. The van der Waals surface area contributed by atoms with Crippen LogP contribution in [0.4, 0.5) is 0 Å². The Morgan fingerprint density at radius 2 is 1.91 bits per heavy atom. The van der Waals surface area contributed by atoms with Crippen molar-refractivity contribution in [3.05, 3.63) is 35.4 Å². The molecule has 124 valence electrons. The molecule has 0 aromatic heterocycles. The molecular weight excluding hydrogens is 320 g/mol. The summed E-state index contributed by atoms with van der Waals surface area (Å²) in [6.45, 7) is 3.66. The number of nitrogens with one attached hydrogen (secondary N) is 1. The van der Waals surface area contributed by atoms with Gasteiger partial charge in [0.2, 0.25) is 0 Å². The Hall–Kier alpha value is -2.40. The van der Waals surface area contributed by atoms with E-state index in [0.29, 0.717) is 12.1 Å². The molecule has 0 saturated carbocycles. The van der Waals surface area contributed by atoms with Gasteiger partial charge < -0.3 is 10.1 Å². The smallest absolute Gasteiger partial charge is 0.338 e. The first-order valence-electron chi connectivity index (χ1n) is 6.94. The maximum Gasteiger partial charge on any atom is 0.338 e. The van der Waals surface area contributed by atoms with Crippen molar-refractivity contribution < 1.29 is 22.7 Å². The quantitative estimate of drug-likeness (QED) is 0.736. The van der Waals surface area contributed by atoms with Gasteiger partial charge in [-0.05, 0) is 31.5 Å². The zero-order valence-corrected chi connectivity index (χ0v) is 13.7. The highest BCUT2D eigenvalue weighted by Crippen LogP contribution is 2.11. The van der Waals surface area contributed by atoms with Crippen molar-refractivity contribution in [3.8, 4) is 6.07 Å². The molecule has 1 N–H and O–H groups in total. The number of rotatable bonds is 7. The summed E-state index contributed by atoms with van der Waals surface area (Å²) in [7, 11) is -3.48. The van der Waals surface area contributed by atoms with Crippen molar-refractivity contribution in [1.29, 1.82) is 5.26 Å². The van der Waals surface area contributed by atoms with Crippen LogP contribution in [0.3, 0.4) is 0 Å². The van der Waals surface area contributed by atoms with Gasteiger partial charge in [-0.2, -0.15) is 5.26 Å². The third kappa shape index (κ3) is 6.08. The number of nitrogens with zero attached hydrogens (tertiary/aromatic N) is 1. The predicted molar refractivity (Wildman–Crippen MR) is 83.1 cm³/mol. The lowest BCUT2D eigenvalue weighted by atomic mass is 10.1. The maximum atomic E-state index is 11.9. The van der Waals surface area contributed by atoms with Gasteiger partial charge in [0, 0.05) is 6.54 Å². The zero-order chi connectivity index (χ0) is 17.5. The van der Waals surface area contributed by atoms with Gasteiger partial charge in [-0.3, -0.25) is 4.79 Å². The number of ether oxygens (including phenoxy) is 1. The van der Waals surface area contributed by atoms with E-state index >= 15 is 0 Å². The summed E-state index contributed by atoms with van der Waals surface area (Å²) in [6.07, 6.45) is -0.918. The Kier molecular flexibility index (Phi) is 6.72. The molecule has 0 bridgehead atoms. The number of hydrogen-bond acceptors (Lipinski definition) is 6. The number of benzene rings is 1. The molecule has 0 aliphatic heterocycles. The number of sulfone groups is 1. The lowest BCUT2D eigenvalue weighted by Crippen LogP contribution is -2.35. The van der Waals surface area contributed by atoms with Gasteiger partial charge >= 0.3 is 5.97 Å². The number of carbonyl (C=O) groups is 2. The Bertz CT molecular complexity index is 704. The Labute approximate surface area is 135 Å². The van der Waals surface area contributed by atoms with Crippen molar-refractivity contribution in [1.82, 2.24) is 5.32 Å². The Balaban J connectivity index is 2.71. The summed E-state index contributed by atoms with van der Waals surface area (Å²) < 4.78 is 28.1. The third-order valence-electron chi connectivity index (χ3n) is 2.86. The molecule has 1 rings (SSSR count). The highest BCUT2D eigenvalue weighted by Gasteiger charge is 2.18. The average molecular weight is 338 g/mol. The molecule has 0 heterocycles. The molecule has 7 nitrogen and oxygen atoms in total. The van der Waals surface area contributed by atoms with Gasteiger partial charge in [0.05, 0.1) is 17.4 Å². The molecule has 0 fully saturated rings. The van der Waals surface area contributed by atoms with Gasteiger partial charge in [0.15, 0.2) is 15.9 Å². The normalized spacial score (nSPS) is 12.0. The van der Waals surface area contributed by atoms with Gasteiger partial charge in [0.1, 0.15) is 5.75 Å². The van der Waals surface area contributed by atoms with E-state index < -0.39 is 27.7 Å². The lowest BCUT2D eigenvalue weighted by molar-refractivity contribution is -0.128. The molecule has 23 heavy (non-hydrogen) atoms. The summed E-state index contributed by atoms with van der Waals surface area (Å²) in [6, 6.07) is 7.39. The van der Waals surface area contributed by atoms with Crippen molar-refractivity contribution >= 4 is 21.7 Å². The molecule has 0 radical (unpaired) electrons. The first-order valence-corrected chi connectivity index (χ1v) is 8.76. The van der Waals surface area contributed by atoms with Crippen molar-refractivity contribution in [2.24, 2.45) is 0 Å². The Morgan fingerprint density at radius 3 is 2.43 bits per heavy atom. The number of carbonyl (C=O) groups excluding carboxylic acids is 2. The second kappa shape index (κ2) is 8.29. The van der Waals surface area contributed by atoms with E-state index in [2.05, 4.69) is 5.32 Å². The lowest BCUT2D eigenvalue weighted by Gasteiger charge is -2.12. The molecule has 1 aromatic carbocycles. The summed E-state index contributed by atoms with van der Waals surface area (Å²) >= 11 is 0. The minimum absolute atomic E-state index is 0.211. The van der Waals surface area contributed by atoms with Gasteiger partial charge in [-0.25, -0.2) is 13.2 Å². The first-order chi connectivity index (χ1) is 10.8. The molecule has 1 atom stereocenters. The summed E-state index contributed by atoms with van der Waals surface area (Å²) in [5, 5.41) is 11.0. The van der Waals surface area contributed by atoms with Crippen LogP contribution in [0.25, 0.3) is 0 Å². The second-order valence-corrected chi connectivity index (χ2v) is 6.89. The van der Waals surface area contributed by atoms with E-state index in [0.717, 1.165) is 0 Å². The summed E-state index contributed by atoms with van der Waals surface area (Å²) in [5.41, 5.74) is 0.677. The molecule has 1 aromatic rings. The minimum atomic E-state index is -3.48. The molecule has 0 aliphatic rings. The topological polar surface area (TPSA) is 113 Å². The molecular formula is C15H18N2O5S. The van der Waals surface area contributed by atoms with E-state index in [9.17, 15) is 18.0 Å². The van der Waals surface area contributed by atoms with Crippen molar-refractivity contribution in [3.63, 3.8) is 0 Å². The van der Waals surface area contributed by atoms with E-state index in [1.807, 2.05) is 0 Å². The standard InChI is InChI=1S/C15H18N2O5S/c1-3-17-14(18)11(2)22-15(19)13-6-4-12(5-7-13)10-23(20,21)9-8-16/h4-7,11H,3,9-10H2,1-2H3,(H,17,18)/t11-/m0/s1. The van der Waals surface area contributed by atoms with Crippen LogP contribution in [0.2, 0.25) is 0 Å². The monoisotopic (exact) mass is 338 g/mol.